The number of hydrogen-bond donors (Lipinski definition) is 0. The van der Waals surface area contributed by atoms with Gasteiger partial charge in [-0.25, -0.2) is 4.68 Å². The molecule has 1 saturated heterocycles. The van der Waals surface area contributed by atoms with Gasteiger partial charge in [0.15, 0.2) is 5.82 Å². The summed E-state index contributed by atoms with van der Waals surface area (Å²) in [5, 5.41) is 11.7. The minimum Gasteiger partial charge on any atom is -0.342 e. The van der Waals surface area contributed by atoms with Crippen LogP contribution in [-0.4, -0.2) is 49.9 Å². The molecule has 2 heterocycles. The fourth-order valence-electron chi connectivity index (χ4n) is 2.35. The maximum Gasteiger partial charge on any atom is 0.232 e. The SMILES string of the molecule is CC(C)n1nnnc1CSCC(=O)N1CCCCCC1. The van der Waals surface area contributed by atoms with Crippen molar-refractivity contribution in [1.82, 2.24) is 25.1 Å². The van der Waals surface area contributed by atoms with Gasteiger partial charge in [-0.05, 0) is 37.1 Å². The molecule has 1 aliphatic heterocycles. The first-order valence-electron chi connectivity index (χ1n) is 7.30. The van der Waals surface area contributed by atoms with Crippen LogP contribution in [0.5, 0.6) is 0 Å². The second kappa shape index (κ2) is 7.61. The van der Waals surface area contributed by atoms with Crippen LogP contribution in [-0.2, 0) is 10.5 Å². The van der Waals surface area contributed by atoms with Crippen molar-refractivity contribution in [2.45, 2.75) is 51.3 Å². The highest BCUT2D eigenvalue weighted by Crippen LogP contribution is 2.15. The van der Waals surface area contributed by atoms with Gasteiger partial charge in [-0.2, -0.15) is 0 Å². The van der Waals surface area contributed by atoms with Gasteiger partial charge in [-0.15, -0.1) is 16.9 Å². The van der Waals surface area contributed by atoms with Crippen molar-refractivity contribution < 1.29 is 4.79 Å². The number of carbonyl (C=O) groups excluding carboxylic acids is 1. The van der Waals surface area contributed by atoms with Crippen LogP contribution in [0.3, 0.4) is 0 Å². The number of hydrogen-bond acceptors (Lipinski definition) is 5. The zero-order valence-corrected chi connectivity index (χ0v) is 13.1. The molecule has 1 aromatic rings. The van der Waals surface area contributed by atoms with E-state index in [0.717, 1.165) is 31.8 Å². The molecule has 0 spiro atoms. The van der Waals surface area contributed by atoms with Crippen molar-refractivity contribution >= 4 is 17.7 Å². The number of tetrazole rings is 1. The predicted molar refractivity (Wildman–Crippen MR) is 79.4 cm³/mol. The summed E-state index contributed by atoms with van der Waals surface area (Å²) in [4.78, 5) is 14.2. The maximum atomic E-state index is 12.1. The van der Waals surface area contributed by atoms with Crippen molar-refractivity contribution in [2.75, 3.05) is 18.8 Å². The van der Waals surface area contributed by atoms with Gasteiger partial charge in [-0.3, -0.25) is 4.79 Å². The summed E-state index contributed by atoms with van der Waals surface area (Å²) >= 11 is 1.60. The van der Waals surface area contributed by atoms with Gasteiger partial charge in [0, 0.05) is 13.1 Å². The highest BCUT2D eigenvalue weighted by molar-refractivity contribution is 7.99. The molecule has 112 valence electrons. The van der Waals surface area contributed by atoms with Crippen LogP contribution in [0, 0.1) is 0 Å². The first-order chi connectivity index (χ1) is 9.68. The van der Waals surface area contributed by atoms with Crippen LogP contribution < -0.4 is 0 Å². The summed E-state index contributed by atoms with van der Waals surface area (Å²) in [6.07, 6.45) is 4.78. The molecule has 0 N–H and O–H groups in total. The topological polar surface area (TPSA) is 63.9 Å². The molecule has 0 aliphatic carbocycles. The molecule has 0 radical (unpaired) electrons. The summed E-state index contributed by atoms with van der Waals surface area (Å²) in [6, 6.07) is 0.252. The Bertz CT molecular complexity index is 426. The third kappa shape index (κ3) is 4.19. The Morgan fingerprint density at radius 1 is 1.25 bits per heavy atom. The van der Waals surface area contributed by atoms with Crippen LogP contribution in [0.25, 0.3) is 0 Å². The molecule has 2 rings (SSSR count). The molecular weight excluding hydrogens is 274 g/mol. The van der Waals surface area contributed by atoms with E-state index in [4.69, 9.17) is 0 Å². The standard InChI is InChI=1S/C13H23N5OS/c1-11(2)18-12(14-15-16-18)9-20-10-13(19)17-7-5-3-4-6-8-17/h11H,3-10H2,1-2H3. The van der Waals surface area contributed by atoms with E-state index in [0.29, 0.717) is 11.5 Å². The zero-order valence-electron chi connectivity index (χ0n) is 12.3. The lowest BCUT2D eigenvalue weighted by atomic mass is 10.2. The van der Waals surface area contributed by atoms with Crippen LogP contribution in [0.4, 0.5) is 0 Å². The second-order valence-electron chi connectivity index (χ2n) is 5.42. The smallest absolute Gasteiger partial charge is 0.232 e. The van der Waals surface area contributed by atoms with Gasteiger partial charge in [0.2, 0.25) is 5.91 Å². The fourth-order valence-corrected chi connectivity index (χ4v) is 3.18. The predicted octanol–water partition coefficient (Wildman–Crippen LogP) is 1.89. The molecule has 6 nitrogen and oxygen atoms in total. The number of carbonyl (C=O) groups is 1. The minimum absolute atomic E-state index is 0.250. The van der Waals surface area contributed by atoms with Crippen LogP contribution in [0.1, 0.15) is 51.4 Å². The Labute approximate surface area is 124 Å². The quantitative estimate of drug-likeness (QED) is 0.830. The number of amides is 1. The second-order valence-corrected chi connectivity index (χ2v) is 6.41. The normalized spacial score (nSPS) is 16.4. The monoisotopic (exact) mass is 297 g/mol. The summed E-state index contributed by atoms with van der Waals surface area (Å²) in [5.74, 6) is 2.30. The molecule has 7 heteroatoms. The molecular formula is C13H23N5OS. The van der Waals surface area contributed by atoms with E-state index in [9.17, 15) is 4.79 Å². The summed E-state index contributed by atoms with van der Waals surface area (Å²) in [7, 11) is 0. The highest BCUT2D eigenvalue weighted by Gasteiger charge is 2.16. The number of thioether (sulfide) groups is 1. The van der Waals surface area contributed by atoms with Crippen molar-refractivity contribution in [3.8, 4) is 0 Å². The summed E-state index contributed by atoms with van der Waals surface area (Å²) in [6.45, 7) is 5.94. The Morgan fingerprint density at radius 2 is 1.95 bits per heavy atom. The van der Waals surface area contributed by atoms with Crippen molar-refractivity contribution in [3.05, 3.63) is 5.82 Å². The van der Waals surface area contributed by atoms with E-state index in [1.165, 1.54) is 12.8 Å². The Kier molecular flexibility index (Phi) is 5.82. The van der Waals surface area contributed by atoms with Crippen LogP contribution >= 0.6 is 11.8 Å². The van der Waals surface area contributed by atoms with Crippen molar-refractivity contribution in [2.24, 2.45) is 0 Å². The average Bonchev–Trinajstić information content (AvgIpc) is 2.72. The number of rotatable bonds is 5. The van der Waals surface area contributed by atoms with Gasteiger partial charge in [0.05, 0.1) is 17.5 Å². The van der Waals surface area contributed by atoms with Crippen molar-refractivity contribution in [3.63, 3.8) is 0 Å². The third-order valence-corrected chi connectivity index (χ3v) is 4.38. The maximum absolute atomic E-state index is 12.1. The average molecular weight is 297 g/mol. The summed E-state index contributed by atoms with van der Waals surface area (Å²) < 4.78 is 1.81. The molecule has 1 aromatic heterocycles. The van der Waals surface area contributed by atoms with E-state index in [2.05, 4.69) is 15.5 Å². The Hall–Kier alpha value is -1.11. The van der Waals surface area contributed by atoms with Crippen LogP contribution in [0.2, 0.25) is 0 Å². The third-order valence-electron chi connectivity index (χ3n) is 3.47. The lowest BCUT2D eigenvalue weighted by Gasteiger charge is -2.19. The first-order valence-corrected chi connectivity index (χ1v) is 8.46. The molecule has 0 bridgehead atoms. The molecule has 1 amide bonds. The van der Waals surface area contributed by atoms with Gasteiger partial charge < -0.3 is 4.90 Å². The van der Waals surface area contributed by atoms with E-state index >= 15 is 0 Å². The van der Waals surface area contributed by atoms with Crippen LogP contribution in [0.15, 0.2) is 0 Å². The van der Waals surface area contributed by atoms with E-state index in [-0.39, 0.29) is 11.9 Å². The minimum atomic E-state index is 0.250. The van der Waals surface area contributed by atoms with Gasteiger partial charge in [0.1, 0.15) is 0 Å². The largest absolute Gasteiger partial charge is 0.342 e. The molecule has 0 atom stereocenters. The highest BCUT2D eigenvalue weighted by atomic mass is 32.2. The van der Waals surface area contributed by atoms with E-state index < -0.39 is 0 Å². The lowest BCUT2D eigenvalue weighted by Crippen LogP contribution is -2.33. The van der Waals surface area contributed by atoms with Gasteiger partial charge in [-0.1, -0.05) is 12.8 Å². The fraction of sp³-hybridized carbons (Fsp3) is 0.846. The molecule has 20 heavy (non-hydrogen) atoms. The van der Waals surface area contributed by atoms with E-state index in [1.54, 1.807) is 11.8 Å². The molecule has 1 aliphatic rings. The van der Waals surface area contributed by atoms with Gasteiger partial charge >= 0.3 is 0 Å². The zero-order chi connectivity index (χ0) is 14.4. The van der Waals surface area contributed by atoms with E-state index in [1.807, 2.05) is 23.4 Å². The molecule has 0 unspecified atom stereocenters. The van der Waals surface area contributed by atoms with Gasteiger partial charge in [0.25, 0.3) is 0 Å². The lowest BCUT2D eigenvalue weighted by molar-refractivity contribution is -0.128. The number of aromatic nitrogens is 4. The first kappa shape index (κ1) is 15.3. The summed E-state index contributed by atoms with van der Waals surface area (Å²) in [5.41, 5.74) is 0. The molecule has 0 saturated carbocycles. The molecule has 1 fully saturated rings. The Balaban J connectivity index is 1.77. The molecule has 0 aromatic carbocycles. The number of nitrogens with zero attached hydrogens (tertiary/aromatic N) is 5. The number of likely N-dealkylation sites (tertiary alicyclic amines) is 1. The Morgan fingerprint density at radius 3 is 2.60 bits per heavy atom. The van der Waals surface area contributed by atoms with Crippen molar-refractivity contribution in [1.29, 1.82) is 0 Å².